The quantitative estimate of drug-likeness (QED) is 0.545. The van der Waals surface area contributed by atoms with Crippen LogP contribution in [0.2, 0.25) is 0 Å². The fraction of sp³-hybridized carbons (Fsp3) is 0.455. The number of aryl methyl sites for hydroxylation is 1. The summed E-state index contributed by atoms with van der Waals surface area (Å²) in [6.45, 7) is 12.0. The predicted octanol–water partition coefficient (Wildman–Crippen LogP) is 4.74. The second-order valence-corrected chi connectivity index (χ2v) is 7.18. The van der Waals surface area contributed by atoms with E-state index in [4.69, 9.17) is 4.98 Å². The molecule has 156 valence electrons. The number of fused-ring (bicyclic) bond motifs is 1. The molecule has 0 saturated heterocycles. The summed E-state index contributed by atoms with van der Waals surface area (Å²) in [6, 6.07) is 8.49. The van der Waals surface area contributed by atoms with E-state index in [0.29, 0.717) is 11.7 Å². The van der Waals surface area contributed by atoms with Crippen molar-refractivity contribution in [2.75, 3.05) is 25.0 Å². The maximum absolute atomic E-state index is 4.72. The molecule has 0 spiro atoms. The van der Waals surface area contributed by atoms with E-state index >= 15 is 0 Å². The molecule has 0 saturated carbocycles. The summed E-state index contributed by atoms with van der Waals surface area (Å²) in [5.74, 6) is 0.754. The van der Waals surface area contributed by atoms with E-state index in [0.717, 1.165) is 55.1 Å². The maximum Gasteiger partial charge on any atom is 0.184 e. The second-order valence-electron chi connectivity index (χ2n) is 7.18. The Balaban J connectivity index is 0.00000300. The number of nitrogens with one attached hydrogen (secondary N) is 1. The Morgan fingerprint density at radius 3 is 2.55 bits per heavy atom. The highest BCUT2D eigenvalue weighted by atomic mass is 35.5. The highest BCUT2D eigenvalue weighted by molar-refractivity contribution is 5.85. The van der Waals surface area contributed by atoms with Crippen molar-refractivity contribution in [3.05, 3.63) is 42.4 Å². The summed E-state index contributed by atoms with van der Waals surface area (Å²) in [7, 11) is 0. The van der Waals surface area contributed by atoms with Crippen LogP contribution in [0.4, 0.5) is 5.82 Å². The Hall–Kier alpha value is -2.31. The lowest BCUT2D eigenvalue weighted by molar-refractivity contribution is 0.295. The molecular formula is C22H31ClN6. The Bertz CT molecular complexity index is 913. The zero-order chi connectivity index (χ0) is 19.9. The number of benzene rings is 1. The molecule has 6 nitrogen and oxygen atoms in total. The summed E-state index contributed by atoms with van der Waals surface area (Å²) in [5, 5.41) is 3.49. The van der Waals surface area contributed by atoms with Crippen molar-refractivity contribution in [3.63, 3.8) is 0 Å². The van der Waals surface area contributed by atoms with Crippen LogP contribution in [0.3, 0.4) is 0 Å². The largest absolute Gasteiger partial charge is 0.366 e. The summed E-state index contributed by atoms with van der Waals surface area (Å²) >= 11 is 0. The van der Waals surface area contributed by atoms with Crippen molar-refractivity contribution < 1.29 is 0 Å². The molecule has 0 bridgehead atoms. The molecule has 1 unspecified atom stereocenters. The number of anilines is 1. The SMILES string of the molecule is CCN(CC)CCCC(C)Nc1ncnc2nc(-c3ccccc3C)cnc12.Cl. The molecule has 2 heterocycles. The first-order chi connectivity index (χ1) is 13.6. The molecular weight excluding hydrogens is 384 g/mol. The number of nitrogens with zero attached hydrogens (tertiary/aromatic N) is 5. The van der Waals surface area contributed by atoms with Gasteiger partial charge in [0.15, 0.2) is 11.5 Å². The van der Waals surface area contributed by atoms with E-state index in [9.17, 15) is 0 Å². The zero-order valence-electron chi connectivity index (χ0n) is 17.7. The van der Waals surface area contributed by atoms with Gasteiger partial charge in [0.25, 0.3) is 0 Å². The number of rotatable bonds is 9. The van der Waals surface area contributed by atoms with Crippen molar-refractivity contribution in [1.29, 1.82) is 0 Å². The molecule has 1 aromatic carbocycles. The van der Waals surface area contributed by atoms with Gasteiger partial charge in [0.2, 0.25) is 0 Å². The van der Waals surface area contributed by atoms with E-state index in [-0.39, 0.29) is 12.4 Å². The van der Waals surface area contributed by atoms with Gasteiger partial charge in [0.1, 0.15) is 11.8 Å². The van der Waals surface area contributed by atoms with Crippen molar-refractivity contribution >= 4 is 29.4 Å². The Kier molecular flexibility index (Phi) is 8.73. The minimum absolute atomic E-state index is 0. The third-order valence-corrected chi connectivity index (χ3v) is 5.16. The first kappa shape index (κ1) is 23.0. The summed E-state index contributed by atoms with van der Waals surface area (Å²) in [6.07, 6.45) is 5.60. The van der Waals surface area contributed by atoms with Crippen LogP contribution in [-0.4, -0.2) is 50.5 Å². The predicted molar refractivity (Wildman–Crippen MR) is 123 cm³/mol. The van der Waals surface area contributed by atoms with Gasteiger partial charge < -0.3 is 10.2 Å². The normalized spacial score (nSPS) is 12.0. The molecule has 0 aliphatic rings. The van der Waals surface area contributed by atoms with E-state index in [1.807, 2.05) is 18.3 Å². The molecule has 0 amide bonds. The van der Waals surface area contributed by atoms with E-state index in [1.54, 1.807) is 6.33 Å². The average Bonchev–Trinajstić information content (AvgIpc) is 2.71. The van der Waals surface area contributed by atoms with Crippen LogP contribution in [0.25, 0.3) is 22.4 Å². The van der Waals surface area contributed by atoms with Crippen LogP contribution in [-0.2, 0) is 0 Å². The number of hydrogen-bond donors (Lipinski definition) is 1. The zero-order valence-corrected chi connectivity index (χ0v) is 18.5. The first-order valence-corrected chi connectivity index (χ1v) is 10.1. The number of hydrogen-bond acceptors (Lipinski definition) is 6. The number of halogens is 1. The molecule has 29 heavy (non-hydrogen) atoms. The minimum atomic E-state index is 0. The molecule has 7 heteroatoms. The smallest absolute Gasteiger partial charge is 0.184 e. The van der Waals surface area contributed by atoms with E-state index < -0.39 is 0 Å². The van der Waals surface area contributed by atoms with Crippen molar-refractivity contribution in [2.24, 2.45) is 0 Å². The minimum Gasteiger partial charge on any atom is -0.366 e. The van der Waals surface area contributed by atoms with Crippen LogP contribution in [0.15, 0.2) is 36.8 Å². The van der Waals surface area contributed by atoms with Gasteiger partial charge in [0, 0.05) is 11.6 Å². The third kappa shape index (κ3) is 5.84. The number of aromatic nitrogens is 4. The summed E-state index contributed by atoms with van der Waals surface area (Å²) in [4.78, 5) is 20.5. The van der Waals surface area contributed by atoms with Gasteiger partial charge in [-0.1, -0.05) is 38.1 Å². The lowest BCUT2D eigenvalue weighted by Gasteiger charge is -2.20. The van der Waals surface area contributed by atoms with Gasteiger partial charge in [-0.2, -0.15) is 0 Å². The van der Waals surface area contributed by atoms with Gasteiger partial charge in [-0.25, -0.2) is 19.9 Å². The van der Waals surface area contributed by atoms with Crippen LogP contribution < -0.4 is 5.32 Å². The first-order valence-electron chi connectivity index (χ1n) is 10.1. The lowest BCUT2D eigenvalue weighted by Crippen LogP contribution is -2.25. The Morgan fingerprint density at radius 1 is 1.07 bits per heavy atom. The van der Waals surface area contributed by atoms with Crippen molar-refractivity contribution in [2.45, 2.75) is 46.6 Å². The summed E-state index contributed by atoms with van der Waals surface area (Å²) in [5.41, 5.74) is 4.42. The Morgan fingerprint density at radius 2 is 1.83 bits per heavy atom. The maximum atomic E-state index is 4.72. The molecule has 3 rings (SSSR count). The van der Waals surface area contributed by atoms with Gasteiger partial charge in [0.05, 0.1) is 11.9 Å². The molecule has 0 aliphatic carbocycles. The van der Waals surface area contributed by atoms with Crippen molar-refractivity contribution in [1.82, 2.24) is 24.8 Å². The molecule has 0 fully saturated rings. The van der Waals surface area contributed by atoms with Gasteiger partial charge in [-0.05, 0) is 51.9 Å². The van der Waals surface area contributed by atoms with E-state index in [2.05, 4.69) is 65.0 Å². The van der Waals surface area contributed by atoms with Gasteiger partial charge >= 0.3 is 0 Å². The highest BCUT2D eigenvalue weighted by Gasteiger charge is 2.12. The van der Waals surface area contributed by atoms with Crippen LogP contribution >= 0.6 is 12.4 Å². The second kappa shape index (κ2) is 11.0. The van der Waals surface area contributed by atoms with Gasteiger partial charge in [-0.15, -0.1) is 12.4 Å². The topological polar surface area (TPSA) is 66.8 Å². The highest BCUT2D eigenvalue weighted by Crippen LogP contribution is 2.24. The molecule has 1 atom stereocenters. The average molecular weight is 415 g/mol. The molecule has 0 radical (unpaired) electrons. The fourth-order valence-electron chi connectivity index (χ4n) is 3.40. The van der Waals surface area contributed by atoms with Crippen LogP contribution in [0.1, 0.15) is 39.2 Å². The molecule has 3 aromatic rings. The lowest BCUT2D eigenvalue weighted by atomic mass is 10.1. The van der Waals surface area contributed by atoms with Crippen LogP contribution in [0, 0.1) is 6.92 Å². The Labute approximate surface area is 179 Å². The summed E-state index contributed by atoms with van der Waals surface area (Å²) < 4.78 is 0. The van der Waals surface area contributed by atoms with Gasteiger partial charge in [-0.3, -0.25) is 0 Å². The van der Waals surface area contributed by atoms with Crippen molar-refractivity contribution in [3.8, 4) is 11.3 Å². The third-order valence-electron chi connectivity index (χ3n) is 5.16. The molecule has 2 aromatic heterocycles. The fourth-order valence-corrected chi connectivity index (χ4v) is 3.40. The monoisotopic (exact) mass is 414 g/mol. The van der Waals surface area contributed by atoms with E-state index in [1.165, 1.54) is 5.56 Å². The standard InChI is InChI=1S/C22H30N6.ClH/c1-5-28(6-2)13-9-11-17(4)26-21-20-22(25-15-24-21)27-19(14-23-20)18-12-8-7-10-16(18)3;/h7-8,10,12,14-15,17H,5-6,9,11,13H2,1-4H3,(H,24,25,26,27);1H. The molecule has 0 aliphatic heterocycles. The molecule has 1 N–H and O–H groups in total. The van der Waals surface area contributed by atoms with Crippen LogP contribution in [0.5, 0.6) is 0 Å².